The molecule has 0 aromatic heterocycles. The van der Waals surface area contributed by atoms with E-state index in [-0.39, 0.29) is 18.7 Å². The van der Waals surface area contributed by atoms with Crippen molar-refractivity contribution in [2.24, 2.45) is 0 Å². The number of nitrogens with one attached hydrogen (secondary N) is 1. The molecule has 1 heterocycles. The minimum absolute atomic E-state index is 0.0602. The van der Waals surface area contributed by atoms with E-state index in [4.69, 9.17) is 19.3 Å². The van der Waals surface area contributed by atoms with Crippen LogP contribution in [0.2, 0.25) is 0 Å². The van der Waals surface area contributed by atoms with Crippen molar-refractivity contribution in [3.63, 3.8) is 0 Å². The number of rotatable bonds is 6. The van der Waals surface area contributed by atoms with Crippen LogP contribution in [0, 0.1) is 0 Å². The molecule has 0 aliphatic carbocycles. The largest absolute Gasteiger partial charge is 0.460 e. The molecule has 10 heteroatoms. The Hall–Kier alpha value is -1.72. The second-order valence-electron chi connectivity index (χ2n) is 4.95. The zero-order valence-corrected chi connectivity index (χ0v) is 12.5. The summed E-state index contributed by atoms with van der Waals surface area (Å²) < 4.78 is 14.5. The monoisotopic (exact) mass is 335 g/mol. The first-order valence-electron chi connectivity index (χ1n) is 6.85. The Balaban J connectivity index is 2.38. The summed E-state index contributed by atoms with van der Waals surface area (Å²) in [5.41, 5.74) is 0.217. The van der Waals surface area contributed by atoms with Gasteiger partial charge >= 0.3 is 12.1 Å². The molecule has 0 radical (unpaired) electrons. The van der Waals surface area contributed by atoms with Gasteiger partial charge in [0, 0.05) is 5.57 Å². The van der Waals surface area contributed by atoms with Gasteiger partial charge in [0.2, 0.25) is 6.29 Å². The van der Waals surface area contributed by atoms with Crippen LogP contribution in [-0.2, 0) is 19.0 Å². The Morgan fingerprint density at radius 3 is 2.43 bits per heavy atom. The highest BCUT2D eigenvalue weighted by Gasteiger charge is 2.45. The van der Waals surface area contributed by atoms with E-state index < -0.39 is 49.4 Å². The van der Waals surface area contributed by atoms with Crippen LogP contribution in [0.3, 0.4) is 0 Å². The molecular weight excluding hydrogens is 314 g/mol. The molecule has 1 rings (SSSR count). The minimum Gasteiger partial charge on any atom is -0.460 e. The van der Waals surface area contributed by atoms with Crippen molar-refractivity contribution in [2.75, 3.05) is 19.8 Å². The lowest BCUT2D eigenvalue weighted by molar-refractivity contribution is -0.284. The highest BCUT2D eigenvalue weighted by Crippen LogP contribution is 2.21. The molecule has 10 nitrogen and oxygen atoms in total. The van der Waals surface area contributed by atoms with E-state index in [1.54, 1.807) is 0 Å². The fraction of sp³-hybridized carbons (Fsp3) is 0.692. The van der Waals surface area contributed by atoms with Crippen LogP contribution >= 0.6 is 0 Å². The van der Waals surface area contributed by atoms with Crippen molar-refractivity contribution in [3.05, 3.63) is 12.2 Å². The summed E-state index contributed by atoms with van der Waals surface area (Å²) in [6.45, 7) is 4.05. The van der Waals surface area contributed by atoms with E-state index in [2.05, 4.69) is 11.9 Å². The topological polar surface area (TPSA) is 155 Å². The van der Waals surface area contributed by atoms with Gasteiger partial charge in [-0.25, -0.2) is 9.59 Å². The number of ether oxygens (including phenoxy) is 3. The second kappa shape index (κ2) is 8.79. The molecule has 1 saturated heterocycles. The van der Waals surface area contributed by atoms with Gasteiger partial charge in [-0.05, 0) is 6.92 Å². The predicted octanol–water partition coefficient (Wildman–Crippen LogP) is -2.37. The Morgan fingerprint density at radius 2 is 1.87 bits per heavy atom. The van der Waals surface area contributed by atoms with Crippen LogP contribution in [-0.4, -0.2) is 83.0 Å². The number of aliphatic hydroxyl groups excluding tert-OH is 4. The molecule has 1 aliphatic rings. The summed E-state index contributed by atoms with van der Waals surface area (Å²) in [5.74, 6) is -0.603. The summed E-state index contributed by atoms with van der Waals surface area (Å²) in [6.07, 6.45) is -8.61. The normalized spacial score (nSPS) is 30.4. The maximum Gasteiger partial charge on any atom is 0.409 e. The van der Waals surface area contributed by atoms with Gasteiger partial charge in [0.1, 0.15) is 31.0 Å². The molecule has 0 aromatic carbocycles. The fourth-order valence-corrected chi connectivity index (χ4v) is 1.73. The van der Waals surface area contributed by atoms with E-state index in [0.29, 0.717) is 0 Å². The number of hydrogen-bond acceptors (Lipinski definition) is 9. The molecule has 0 spiro atoms. The van der Waals surface area contributed by atoms with E-state index in [1.807, 2.05) is 0 Å². The third-order valence-corrected chi connectivity index (χ3v) is 3.02. The molecule has 5 N–H and O–H groups in total. The molecule has 132 valence electrons. The standard InChI is InChI=1S/C13H21NO9/c1-6(2)11(19)21-4-3-14-13(20)23-12-10(18)9(17)8(16)7(5-15)22-12/h7-10,12,15-18H,1,3-5H2,2H3,(H,14,20)/t7-,8-,9+,10-,12?/m1/s1. The Morgan fingerprint density at radius 1 is 1.22 bits per heavy atom. The zero-order valence-electron chi connectivity index (χ0n) is 12.5. The first-order chi connectivity index (χ1) is 10.8. The van der Waals surface area contributed by atoms with Crippen LogP contribution < -0.4 is 5.32 Å². The molecule has 1 amide bonds. The molecule has 5 atom stereocenters. The fourth-order valence-electron chi connectivity index (χ4n) is 1.73. The molecule has 1 unspecified atom stereocenters. The average Bonchev–Trinajstić information content (AvgIpc) is 2.51. The summed E-state index contributed by atoms with van der Waals surface area (Å²) in [4.78, 5) is 22.6. The van der Waals surface area contributed by atoms with Crippen molar-refractivity contribution >= 4 is 12.1 Å². The minimum atomic E-state index is -1.68. The lowest BCUT2D eigenvalue weighted by atomic mass is 9.99. The molecule has 1 fully saturated rings. The Bertz CT molecular complexity index is 439. The van der Waals surface area contributed by atoms with Gasteiger partial charge in [-0.3, -0.25) is 0 Å². The molecule has 0 aromatic rings. The first kappa shape index (κ1) is 19.3. The predicted molar refractivity (Wildman–Crippen MR) is 74.0 cm³/mol. The molecule has 1 aliphatic heterocycles. The SMILES string of the molecule is C=C(C)C(=O)OCCNC(=O)OC1O[C@H](CO)[C@@H](O)[C@H](O)[C@H]1O. The maximum atomic E-state index is 11.5. The van der Waals surface area contributed by atoms with E-state index in [9.17, 15) is 24.9 Å². The maximum absolute atomic E-state index is 11.5. The molecule has 0 saturated carbocycles. The Kier molecular flexibility index (Phi) is 7.39. The zero-order chi connectivity index (χ0) is 17.6. The smallest absolute Gasteiger partial charge is 0.409 e. The van der Waals surface area contributed by atoms with Crippen molar-refractivity contribution in [1.29, 1.82) is 0 Å². The van der Waals surface area contributed by atoms with E-state index in [0.717, 1.165) is 0 Å². The molecular formula is C13H21NO9. The highest BCUT2D eigenvalue weighted by atomic mass is 16.7. The van der Waals surface area contributed by atoms with Crippen molar-refractivity contribution in [3.8, 4) is 0 Å². The lowest BCUT2D eigenvalue weighted by Crippen LogP contribution is -2.59. The van der Waals surface area contributed by atoms with Crippen molar-refractivity contribution < 1.29 is 44.2 Å². The number of amides is 1. The van der Waals surface area contributed by atoms with Gasteiger partial charge in [0.05, 0.1) is 13.2 Å². The number of alkyl carbamates (subject to hydrolysis) is 1. The third-order valence-electron chi connectivity index (χ3n) is 3.02. The van der Waals surface area contributed by atoms with Gasteiger partial charge in [-0.1, -0.05) is 6.58 Å². The second-order valence-corrected chi connectivity index (χ2v) is 4.95. The summed E-state index contributed by atoms with van der Waals surface area (Å²) >= 11 is 0. The quantitative estimate of drug-likeness (QED) is 0.203. The molecule has 23 heavy (non-hydrogen) atoms. The number of carbonyl (C=O) groups is 2. The van der Waals surface area contributed by atoms with Crippen LogP contribution in [0.15, 0.2) is 12.2 Å². The van der Waals surface area contributed by atoms with Crippen LogP contribution in [0.1, 0.15) is 6.92 Å². The van der Waals surface area contributed by atoms with E-state index in [1.165, 1.54) is 6.92 Å². The van der Waals surface area contributed by atoms with Crippen molar-refractivity contribution in [1.82, 2.24) is 5.32 Å². The van der Waals surface area contributed by atoms with Gasteiger partial charge in [-0.2, -0.15) is 0 Å². The van der Waals surface area contributed by atoms with Crippen LogP contribution in [0.4, 0.5) is 4.79 Å². The summed E-state index contributed by atoms with van der Waals surface area (Å²) in [5, 5.41) is 40.0. The van der Waals surface area contributed by atoms with Gasteiger partial charge in [0.15, 0.2) is 0 Å². The van der Waals surface area contributed by atoms with Crippen LogP contribution in [0.25, 0.3) is 0 Å². The Labute approximate surface area is 132 Å². The summed E-state index contributed by atoms with van der Waals surface area (Å²) in [6, 6.07) is 0. The number of aliphatic hydroxyl groups is 4. The van der Waals surface area contributed by atoms with Gasteiger partial charge in [-0.15, -0.1) is 0 Å². The lowest BCUT2D eigenvalue weighted by Gasteiger charge is -2.39. The summed E-state index contributed by atoms with van der Waals surface area (Å²) in [7, 11) is 0. The number of hydrogen-bond donors (Lipinski definition) is 5. The van der Waals surface area contributed by atoms with Crippen LogP contribution in [0.5, 0.6) is 0 Å². The van der Waals surface area contributed by atoms with E-state index >= 15 is 0 Å². The number of esters is 1. The van der Waals surface area contributed by atoms with Gasteiger partial charge < -0.3 is 40.0 Å². The molecule has 0 bridgehead atoms. The van der Waals surface area contributed by atoms with Crippen molar-refractivity contribution in [2.45, 2.75) is 37.6 Å². The first-order valence-corrected chi connectivity index (χ1v) is 6.85. The van der Waals surface area contributed by atoms with Gasteiger partial charge in [0.25, 0.3) is 0 Å². The average molecular weight is 335 g/mol. The third kappa shape index (κ3) is 5.44. The highest BCUT2D eigenvalue weighted by molar-refractivity contribution is 5.86. The number of carbonyl (C=O) groups excluding carboxylic acids is 2.